The normalized spacial score (nSPS) is 13.3. The minimum Gasteiger partial charge on any atom is -0.309 e. The molecule has 0 aromatic heterocycles. The SMILES string of the molecule is CCCCCCCCCCCCCCOP(=S)(OC(C)(C)C)OC(C)(C)C. The van der Waals surface area contributed by atoms with Crippen LogP contribution < -0.4 is 0 Å². The van der Waals surface area contributed by atoms with Gasteiger partial charge < -0.3 is 13.6 Å². The maximum absolute atomic E-state index is 5.99. The van der Waals surface area contributed by atoms with Gasteiger partial charge in [0.15, 0.2) is 0 Å². The van der Waals surface area contributed by atoms with E-state index >= 15 is 0 Å². The molecule has 0 heterocycles. The zero-order valence-corrected chi connectivity index (χ0v) is 21.0. The molecular weight excluding hydrogens is 375 g/mol. The lowest BCUT2D eigenvalue weighted by molar-refractivity contribution is 0.0301. The summed E-state index contributed by atoms with van der Waals surface area (Å²) in [5, 5.41) is 0. The summed E-state index contributed by atoms with van der Waals surface area (Å²) >= 11 is 5.63. The van der Waals surface area contributed by atoms with Crippen molar-refractivity contribution < 1.29 is 13.6 Å². The Bertz CT molecular complexity index is 379. The standard InChI is InChI=1S/C22H47O3PS/c1-8-9-10-11-12-13-14-15-16-17-18-19-20-23-26(27,24-21(2,3)4)25-22(5,6)7/h8-20H2,1-7H3. The fourth-order valence-electron chi connectivity index (χ4n) is 2.86. The predicted molar refractivity (Wildman–Crippen MR) is 123 cm³/mol. The molecule has 5 heteroatoms. The molecule has 0 fully saturated rings. The number of hydrogen-bond donors (Lipinski definition) is 0. The Balaban J connectivity index is 3.82. The van der Waals surface area contributed by atoms with Crippen LogP contribution in [-0.4, -0.2) is 17.8 Å². The third kappa shape index (κ3) is 19.6. The maximum atomic E-state index is 5.99. The lowest BCUT2D eigenvalue weighted by Gasteiger charge is -2.34. The number of unbranched alkanes of at least 4 members (excludes halogenated alkanes) is 11. The highest BCUT2D eigenvalue weighted by molar-refractivity contribution is 8.07. The zero-order chi connectivity index (χ0) is 20.8. The summed E-state index contributed by atoms with van der Waals surface area (Å²) in [4.78, 5) is 0. The van der Waals surface area contributed by atoms with Gasteiger partial charge in [-0.3, -0.25) is 0 Å². The summed E-state index contributed by atoms with van der Waals surface area (Å²) in [5.74, 6) is 0. The average molecular weight is 423 g/mol. The second-order valence-electron chi connectivity index (χ2n) is 9.58. The Labute approximate surface area is 175 Å². The highest BCUT2D eigenvalue weighted by Gasteiger charge is 2.32. The van der Waals surface area contributed by atoms with Crippen LogP contribution in [-0.2, 0) is 25.4 Å². The van der Waals surface area contributed by atoms with Crippen molar-refractivity contribution in [2.45, 2.75) is 137 Å². The summed E-state index contributed by atoms with van der Waals surface area (Å²) in [6.07, 6.45) is 16.0. The molecular formula is C22H47O3PS. The first-order valence-electron chi connectivity index (χ1n) is 11.1. The van der Waals surface area contributed by atoms with Gasteiger partial charge in [0.2, 0.25) is 0 Å². The van der Waals surface area contributed by atoms with Gasteiger partial charge in [-0.2, -0.15) is 0 Å². The third-order valence-electron chi connectivity index (χ3n) is 4.02. The highest BCUT2D eigenvalue weighted by Crippen LogP contribution is 2.55. The summed E-state index contributed by atoms with van der Waals surface area (Å²) in [7, 11) is 0. The van der Waals surface area contributed by atoms with Crippen LogP contribution >= 0.6 is 6.72 Å². The summed E-state index contributed by atoms with van der Waals surface area (Å²) in [6, 6.07) is 0. The molecule has 0 radical (unpaired) electrons. The molecule has 0 spiro atoms. The van der Waals surface area contributed by atoms with E-state index in [1.807, 2.05) is 41.5 Å². The van der Waals surface area contributed by atoms with E-state index < -0.39 is 6.72 Å². The van der Waals surface area contributed by atoms with Crippen molar-refractivity contribution in [3.05, 3.63) is 0 Å². The second kappa shape index (κ2) is 14.5. The van der Waals surface area contributed by atoms with Gasteiger partial charge in [-0.05, 0) is 59.8 Å². The van der Waals surface area contributed by atoms with Crippen molar-refractivity contribution in [2.24, 2.45) is 0 Å². The summed E-state index contributed by atoms with van der Waals surface area (Å²) < 4.78 is 17.9. The summed E-state index contributed by atoms with van der Waals surface area (Å²) in [5.41, 5.74) is -0.728. The van der Waals surface area contributed by atoms with Gasteiger partial charge in [0.05, 0.1) is 17.8 Å². The first kappa shape index (κ1) is 27.5. The molecule has 0 aliphatic rings. The van der Waals surface area contributed by atoms with E-state index in [9.17, 15) is 0 Å². The number of rotatable bonds is 16. The highest BCUT2D eigenvalue weighted by atomic mass is 32.5. The molecule has 0 aliphatic carbocycles. The molecule has 0 unspecified atom stereocenters. The van der Waals surface area contributed by atoms with E-state index in [0.717, 1.165) is 6.42 Å². The Hall–Kier alpha value is 0.530. The molecule has 0 aromatic rings. The molecule has 0 atom stereocenters. The zero-order valence-electron chi connectivity index (χ0n) is 19.3. The first-order valence-corrected chi connectivity index (χ1v) is 13.7. The van der Waals surface area contributed by atoms with Crippen molar-refractivity contribution >= 4 is 18.5 Å². The summed E-state index contributed by atoms with van der Waals surface area (Å²) in [6.45, 7) is 12.1. The average Bonchev–Trinajstić information content (AvgIpc) is 2.48. The second-order valence-corrected chi connectivity index (χ2v) is 12.4. The van der Waals surface area contributed by atoms with Crippen LogP contribution in [0.4, 0.5) is 0 Å². The van der Waals surface area contributed by atoms with Gasteiger partial charge in [-0.25, -0.2) is 0 Å². The maximum Gasteiger partial charge on any atom is 0.328 e. The molecule has 27 heavy (non-hydrogen) atoms. The van der Waals surface area contributed by atoms with Gasteiger partial charge in [-0.15, -0.1) is 0 Å². The Morgan fingerprint density at radius 3 is 1.26 bits per heavy atom. The van der Waals surface area contributed by atoms with Crippen LogP contribution in [0.5, 0.6) is 0 Å². The Morgan fingerprint density at radius 1 is 0.593 bits per heavy atom. The Morgan fingerprint density at radius 2 is 0.926 bits per heavy atom. The lowest BCUT2D eigenvalue weighted by atomic mass is 10.1. The fraction of sp³-hybridized carbons (Fsp3) is 1.00. The topological polar surface area (TPSA) is 27.7 Å². The minimum atomic E-state index is -2.71. The van der Waals surface area contributed by atoms with Crippen LogP contribution in [0.15, 0.2) is 0 Å². The molecule has 0 bridgehead atoms. The third-order valence-corrected chi connectivity index (χ3v) is 6.82. The molecule has 0 rings (SSSR count). The van der Waals surface area contributed by atoms with Crippen LogP contribution in [0.1, 0.15) is 126 Å². The van der Waals surface area contributed by atoms with Crippen molar-refractivity contribution in [3.63, 3.8) is 0 Å². The molecule has 0 aliphatic heterocycles. The van der Waals surface area contributed by atoms with Crippen molar-refractivity contribution in [2.75, 3.05) is 6.61 Å². The van der Waals surface area contributed by atoms with Gasteiger partial charge in [0, 0.05) is 0 Å². The molecule has 0 amide bonds. The molecule has 0 saturated heterocycles. The van der Waals surface area contributed by atoms with E-state index in [2.05, 4.69) is 6.92 Å². The van der Waals surface area contributed by atoms with E-state index in [1.165, 1.54) is 70.6 Å². The van der Waals surface area contributed by atoms with Crippen molar-refractivity contribution in [3.8, 4) is 0 Å². The molecule has 164 valence electrons. The molecule has 0 saturated carbocycles. The molecule has 3 nitrogen and oxygen atoms in total. The fourth-order valence-corrected chi connectivity index (χ4v) is 6.26. The Kier molecular flexibility index (Phi) is 14.8. The van der Waals surface area contributed by atoms with Crippen LogP contribution in [0.2, 0.25) is 0 Å². The predicted octanol–water partition coefficient (Wildman–Crippen LogP) is 8.56. The van der Waals surface area contributed by atoms with E-state index in [4.69, 9.17) is 25.4 Å². The van der Waals surface area contributed by atoms with Gasteiger partial charge in [0.1, 0.15) is 0 Å². The van der Waals surface area contributed by atoms with Crippen LogP contribution in [0.25, 0.3) is 0 Å². The quantitative estimate of drug-likeness (QED) is 0.184. The monoisotopic (exact) mass is 422 g/mol. The van der Waals surface area contributed by atoms with Crippen molar-refractivity contribution in [1.29, 1.82) is 0 Å². The van der Waals surface area contributed by atoms with E-state index in [1.54, 1.807) is 0 Å². The van der Waals surface area contributed by atoms with Crippen LogP contribution in [0.3, 0.4) is 0 Å². The number of hydrogen-bond acceptors (Lipinski definition) is 4. The largest absolute Gasteiger partial charge is 0.328 e. The minimum absolute atomic E-state index is 0.364. The van der Waals surface area contributed by atoms with Gasteiger partial charge >= 0.3 is 6.72 Å². The van der Waals surface area contributed by atoms with E-state index in [-0.39, 0.29) is 11.2 Å². The van der Waals surface area contributed by atoms with Crippen LogP contribution in [0, 0.1) is 0 Å². The lowest BCUT2D eigenvalue weighted by Crippen LogP contribution is -2.24. The first-order chi connectivity index (χ1) is 12.5. The van der Waals surface area contributed by atoms with Crippen molar-refractivity contribution in [1.82, 2.24) is 0 Å². The van der Waals surface area contributed by atoms with Gasteiger partial charge in [-0.1, -0.05) is 77.6 Å². The van der Waals surface area contributed by atoms with E-state index in [0.29, 0.717) is 6.61 Å². The smallest absolute Gasteiger partial charge is 0.309 e. The molecule has 0 N–H and O–H groups in total. The molecule has 0 aromatic carbocycles. The van der Waals surface area contributed by atoms with Gasteiger partial charge in [0.25, 0.3) is 0 Å².